The maximum Gasteiger partial charge on any atom is 0.0992 e. The number of aromatic nitrogens is 2. The lowest BCUT2D eigenvalue weighted by atomic mass is 9.91. The van der Waals surface area contributed by atoms with E-state index in [2.05, 4.69) is 156 Å². The van der Waals surface area contributed by atoms with Crippen LogP contribution in [-0.2, 0) is 0 Å². The zero-order valence-electron chi connectivity index (χ0n) is 26.1. The highest BCUT2D eigenvalue weighted by atomic mass is 15.0. The second kappa shape index (κ2) is 10.8. The second-order valence-corrected chi connectivity index (χ2v) is 12.5. The molecule has 2 aromatic heterocycles. The first-order chi connectivity index (χ1) is 23.2. The van der Waals surface area contributed by atoms with Crippen molar-refractivity contribution in [2.24, 2.45) is 5.92 Å². The third kappa shape index (κ3) is 4.12. The predicted octanol–water partition coefficient (Wildman–Crippen LogP) is 11.5. The fraction of sp³-hybridized carbons (Fsp3) is 0.0682. The molecule has 0 saturated heterocycles. The molecule has 0 radical (unpaired) electrons. The van der Waals surface area contributed by atoms with Gasteiger partial charge in [0.25, 0.3) is 0 Å². The third-order valence-corrected chi connectivity index (χ3v) is 9.79. The van der Waals surface area contributed by atoms with E-state index in [-0.39, 0.29) is 0 Å². The third-order valence-electron chi connectivity index (χ3n) is 9.79. The van der Waals surface area contributed by atoms with Gasteiger partial charge in [0, 0.05) is 50.0 Å². The van der Waals surface area contributed by atoms with Gasteiger partial charge in [0.1, 0.15) is 0 Å². The van der Waals surface area contributed by atoms with Crippen LogP contribution in [0.4, 0.5) is 0 Å². The number of allylic oxidation sites excluding steroid dienone is 4. The van der Waals surface area contributed by atoms with Gasteiger partial charge < -0.3 is 9.13 Å². The zero-order valence-corrected chi connectivity index (χ0v) is 26.1. The van der Waals surface area contributed by atoms with E-state index in [0.29, 0.717) is 11.5 Å². The number of hydrogen-bond acceptors (Lipinski definition) is 1. The van der Waals surface area contributed by atoms with Gasteiger partial charge in [-0.2, -0.15) is 5.26 Å². The molecule has 1 atom stereocenters. The molecule has 0 spiro atoms. The van der Waals surface area contributed by atoms with Gasteiger partial charge in [-0.05, 0) is 54.0 Å². The topological polar surface area (TPSA) is 33.6 Å². The monoisotopic (exact) mass is 601 g/mol. The summed E-state index contributed by atoms with van der Waals surface area (Å²) < 4.78 is 4.84. The predicted molar refractivity (Wildman–Crippen MR) is 197 cm³/mol. The standard InChI is InChI=1S/C44H31N3/c1-29-13-2-7-24-40(29)47-42-26-9-6-19-35(42)39-23-12-21-37(44(39)47)33-17-4-3-16-32(33)36-20-11-22-38-34-18-5-8-25-41(34)46(43(36)38)31-15-10-14-30(27-31)28-45/h2-12,14-27,29H,13H2,1H3. The summed E-state index contributed by atoms with van der Waals surface area (Å²) in [6.07, 6.45) is 7.78. The lowest BCUT2D eigenvalue weighted by Gasteiger charge is -2.22. The minimum atomic E-state index is 0.399. The van der Waals surface area contributed by atoms with Crippen molar-refractivity contribution in [2.75, 3.05) is 0 Å². The summed E-state index contributed by atoms with van der Waals surface area (Å²) in [7, 11) is 0. The van der Waals surface area contributed by atoms with Gasteiger partial charge in [-0.1, -0.05) is 122 Å². The maximum absolute atomic E-state index is 9.78. The van der Waals surface area contributed by atoms with Crippen molar-refractivity contribution in [2.45, 2.75) is 13.3 Å². The summed E-state index contributed by atoms with van der Waals surface area (Å²) in [6.45, 7) is 2.33. The van der Waals surface area contributed by atoms with E-state index in [1.165, 1.54) is 55.0 Å². The minimum absolute atomic E-state index is 0.399. The van der Waals surface area contributed by atoms with Gasteiger partial charge in [-0.3, -0.25) is 0 Å². The van der Waals surface area contributed by atoms with Crippen LogP contribution < -0.4 is 0 Å². The molecule has 8 aromatic rings. The van der Waals surface area contributed by atoms with Crippen LogP contribution in [-0.4, -0.2) is 9.13 Å². The van der Waals surface area contributed by atoms with Gasteiger partial charge >= 0.3 is 0 Å². The fourth-order valence-corrected chi connectivity index (χ4v) is 7.70. The Kier molecular flexibility index (Phi) is 6.23. The quantitative estimate of drug-likeness (QED) is 0.198. The molecular weight excluding hydrogens is 571 g/mol. The van der Waals surface area contributed by atoms with E-state index in [1.807, 2.05) is 18.2 Å². The van der Waals surface area contributed by atoms with E-state index in [9.17, 15) is 5.26 Å². The molecule has 0 N–H and O–H groups in total. The van der Waals surface area contributed by atoms with E-state index in [0.717, 1.165) is 28.7 Å². The van der Waals surface area contributed by atoms with E-state index < -0.39 is 0 Å². The van der Waals surface area contributed by atoms with E-state index in [1.54, 1.807) is 0 Å². The van der Waals surface area contributed by atoms with Crippen LogP contribution in [0.3, 0.4) is 0 Å². The number of rotatable bonds is 4. The van der Waals surface area contributed by atoms with Gasteiger partial charge in [-0.25, -0.2) is 0 Å². The van der Waals surface area contributed by atoms with Crippen LogP contribution in [0.2, 0.25) is 0 Å². The molecular formula is C44H31N3. The molecule has 1 aliphatic rings. The first kappa shape index (κ1) is 27.2. The summed E-state index contributed by atoms with van der Waals surface area (Å²) in [5.74, 6) is 0.399. The molecule has 9 rings (SSSR count). The molecule has 1 aliphatic carbocycles. The van der Waals surface area contributed by atoms with Crippen LogP contribution in [0, 0.1) is 17.2 Å². The summed E-state index contributed by atoms with van der Waals surface area (Å²) in [6, 6.07) is 49.9. The number of benzene rings is 6. The molecule has 3 heteroatoms. The highest BCUT2D eigenvalue weighted by Crippen LogP contribution is 2.45. The maximum atomic E-state index is 9.78. The van der Waals surface area contributed by atoms with Crippen LogP contribution in [0.15, 0.2) is 152 Å². The summed E-state index contributed by atoms with van der Waals surface area (Å²) in [5, 5.41) is 14.7. The molecule has 6 aromatic carbocycles. The number of fused-ring (bicyclic) bond motifs is 6. The van der Waals surface area contributed by atoms with E-state index >= 15 is 0 Å². The molecule has 3 nitrogen and oxygen atoms in total. The Morgan fingerprint density at radius 3 is 1.74 bits per heavy atom. The molecule has 0 aliphatic heterocycles. The molecule has 0 saturated carbocycles. The molecule has 47 heavy (non-hydrogen) atoms. The first-order valence-corrected chi connectivity index (χ1v) is 16.2. The Morgan fingerprint density at radius 1 is 0.574 bits per heavy atom. The second-order valence-electron chi connectivity index (χ2n) is 12.5. The van der Waals surface area contributed by atoms with Crippen LogP contribution >= 0.6 is 0 Å². The molecule has 0 fully saturated rings. The lowest BCUT2D eigenvalue weighted by molar-refractivity contribution is 0.725. The van der Waals surface area contributed by atoms with Crippen molar-refractivity contribution >= 4 is 49.3 Å². The average Bonchev–Trinajstić information content (AvgIpc) is 3.65. The average molecular weight is 602 g/mol. The van der Waals surface area contributed by atoms with Crippen molar-refractivity contribution in [3.8, 4) is 34.0 Å². The van der Waals surface area contributed by atoms with E-state index in [4.69, 9.17) is 0 Å². The largest absolute Gasteiger partial charge is 0.312 e. The van der Waals surface area contributed by atoms with Gasteiger partial charge in [0.2, 0.25) is 0 Å². The van der Waals surface area contributed by atoms with Gasteiger partial charge in [0.05, 0.1) is 33.7 Å². The first-order valence-electron chi connectivity index (χ1n) is 16.2. The molecule has 2 heterocycles. The van der Waals surface area contributed by atoms with Gasteiger partial charge in [-0.15, -0.1) is 0 Å². The minimum Gasteiger partial charge on any atom is -0.312 e. The van der Waals surface area contributed by atoms with Crippen molar-refractivity contribution < 1.29 is 0 Å². The zero-order chi connectivity index (χ0) is 31.5. The highest BCUT2D eigenvalue weighted by molar-refractivity contribution is 6.17. The normalized spacial score (nSPS) is 14.6. The Hall–Kier alpha value is -6.11. The van der Waals surface area contributed by atoms with Crippen LogP contribution in [0.25, 0.3) is 77.2 Å². The summed E-state index contributed by atoms with van der Waals surface area (Å²) in [5.41, 5.74) is 12.4. The Morgan fingerprint density at radius 2 is 1.11 bits per heavy atom. The van der Waals surface area contributed by atoms with Crippen molar-refractivity contribution in [1.29, 1.82) is 5.26 Å². The molecule has 1 unspecified atom stereocenters. The summed E-state index contributed by atoms with van der Waals surface area (Å²) >= 11 is 0. The Balaban J connectivity index is 1.39. The van der Waals surface area contributed by atoms with Crippen molar-refractivity contribution in [3.63, 3.8) is 0 Å². The fourth-order valence-electron chi connectivity index (χ4n) is 7.70. The Labute approximate surface area is 273 Å². The van der Waals surface area contributed by atoms with Gasteiger partial charge in [0.15, 0.2) is 0 Å². The molecule has 0 amide bonds. The smallest absolute Gasteiger partial charge is 0.0992 e. The SMILES string of the molecule is CC1CC=CC=C1n1c2ccccc2c2cccc(-c3ccccc3-c3cccc4c5ccccc5n(-c5cccc(C#N)c5)c34)c21. The number of nitriles is 1. The summed E-state index contributed by atoms with van der Waals surface area (Å²) in [4.78, 5) is 0. The number of nitrogens with zero attached hydrogens (tertiary/aromatic N) is 3. The van der Waals surface area contributed by atoms with Crippen LogP contribution in [0.1, 0.15) is 18.9 Å². The Bertz CT molecular complexity index is 2640. The molecule has 0 bridgehead atoms. The van der Waals surface area contributed by atoms with Crippen molar-refractivity contribution in [3.05, 3.63) is 157 Å². The number of para-hydroxylation sites is 4. The molecule has 222 valence electrons. The van der Waals surface area contributed by atoms with Crippen LogP contribution in [0.5, 0.6) is 0 Å². The number of hydrogen-bond donors (Lipinski definition) is 0. The lowest BCUT2D eigenvalue weighted by Crippen LogP contribution is -2.08. The highest BCUT2D eigenvalue weighted by Gasteiger charge is 2.23. The van der Waals surface area contributed by atoms with Crippen molar-refractivity contribution in [1.82, 2.24) is 9.13 Å².